The van der Waals surface area contributed by atoms with E-state index in [4.69, 9.17) is 10.5 Å². The summed E-state index contributed by atoms with van der Waals surface area (Å²) in [6.07, 6.45) is 5.90. The molecule has 2 aromatic heterocycles. The molecule has 2 rings (SSSR count). The highest BCUT2D eigenvalue weighted by atomic mass is 16.5. The van der Waals surface area contributed by atoms with Crippen LogP contribution in [0.25, 0.3) is 11.0 Å². The molecule has 0 aromatic carbocycles. The molecule has 104 valence electrons. The molecule has 0 bridgehead atoms. The minimum absolute atomic E-state index is 0.214. The van der Waals surface area contributed by atoms with Crippen molar-refractivity contribution in [1.29, 1.82) is 0 Å². The van der Waals surface area contributed by atoms with E-state index >= 15 is 0 Å². The molecule has 19 heavy (non-hydrogen) atoms. The van der Waals surface area contributed by atoms with Crippen molar-refractivity contribution in [3.63, 3.8) is 0 Å². The molecular formula is C15H23N3O. The van der Waals surface area contributed by atoms with E-state index < -0.39 is 0 Å². The van der Waals surface area contributed by atoms with Gasteiger partial charge in [0, 0.05) is 37.0 Å². The Morgan fingerprint density at radius 3 is 3.00 bits per heavy atom. The van der Waals surface area contributed by atoms with Gasteiger partial charge >= 0.3 is 0 Å². The van der Waals surface area contributed by atoms with Gasteiger partial charge in [-0.15, -0.1) is 0 Å². The Bertz CT molecular complexity index is 521. The zero-order chi connectivity index (χ0) is 13.7. The highest BCUT2D eigenvalue weighted by Gasteiger charge is 2.11. The molecule has 0 spiro atoms. The van der Waals surface area contributed by atoms with E-state index in [0.717, 1.165) is 38.2 Å². The Hall–Kier alpha value is -1.39. The van der Waals surface area contributed by atoms with Gasteiger partial charge in [0.05, 0.1) is 6.61 Å². The zero-order valence-electron chi connectivity index (χ0n) is 11.8. The van der Waals surface area contributed by atoms with Crippen LogP contribution in [0.1, 0.15) is 25.8 Å². The van der Waals surface area contributed by atoms with Crippen LogP contribution in [0.3, 0.4) is 0 Å². The highest BCUT2D eigenvalue weighted by molar-refractivity contribution is 5.80. The first kappa shape index (κ1) is 14.0. The van der Waals surface area contributed by atoms with Gasteiger partial charge in [-0.1, -0.05) is 6.92 Å². The number of nitrogens with zero attached hydrogens (tertiary/aromatic N) is 2. The topological polar surface area (TPSA) is 53.1 Å². The van der Waals surface area contributed by atoms with Gasteiger partial charge in [0.15, 0.2) is 0 Å². The summed E-state index contributed by atoms with van der Waals surface area (Å²) < 4.78 is 7.59. The maximum atomic E-state index is 6.07. The van der Waals surface area contributed by atoms with Gasteiger partial charge < -0.3 is 15.0 Å². The fourth-order valence-electron chi connectivity index (χ4n) is 2.26. The van der Waals surface area contributed by atoms with Crippen LogP contribution in [0.2, 0.25) is 0 Å². The Labute approximate surface area is 114 Å². The quantitative estimate of drug-likeness (QED) is 0.778. The average Bonchev–Trinajstić information content (AvgIpc) is 2.78. The summed E-state index contributed by atoms with van der Waals surface area (Å²) in [5.74, 6) is 0. The Kier molecular flexibility index (Phi) is 4.93. The van der Waals surface area contributed by atoms with Crippen LogP contribution in [-0.2, 0) is 17.7 Å². The maximum Gasteiger partial charge on any atom is 0.140 e. The average molecular weight is 261 g/mol. The van der Waals surface area contributed by atoms with Crippen LogP contribution in [0.5, 0.6) is 0 Å². The van der Waals surface area contributed by atoms with Crippen LogP contribution in [0.15, 0.2) is 24.5 Å². The van der Waals surface area contributed by atoms with E-state index in [1.54, 1.807) is 0 Å². The van der Waals surface area contributed by atoms with Crippen LogP contribution in [0, 0.1) is 0 Å². The summed E-state index contributed by atoms with van der Waals surface area (Å²) in [5, 5.41) is 1.21. The number of fused-ring (bicyclic) bond motifs is 1. The summed E-state index contributed by atoms with van der Waals surface area (Å²) >= 11 is 0. The summed E-state index contributed by atoms with van der Waals surface area (Å²) in [7, 11) is 0. The lowest BCUT2D eigenvalue weighted by Crippen LogP contribution is -2.21. The molecule has 4 heteroatoms. The first-order chi connectivity index (χ1) is 9.26. The predicted molar refractivity (Wildman–Crippen MR) is 78.2 cm³/mol. The van der Waals surface area contributed by atoms with E-state index in [2.05, 4.69) is 28.7 Å². The van der Waals surface area contributed by atoms with Crippen molar-refractivity contribution in [2.45, 2.75) is 39.3 Å². The molecule has 0 aliphatic heterocycles. The smallest absolute Gasteiger partial charge is 0.140 e. The lowest BCUT2D eigenvalue weighted by atomic mass is 10.1. The highest BCUT2D eigenvalue weighted by Crippen LogP contribution is 2.20. The molecule has 2 N–H and O–H groups in total. The van der Waals surface area contributed by atoms with Gasteiger partial charge in [-0.2, -0.15) is 0 Å². The van der Waals surface area contributed by atoms with E-state index in [0.29, 0.717) is 0 Å². The number of hydrogen-bond acceptors (Lipinski definition) is 3. The molecule has 0 radical (unpaired) electrons. The second-order valence-corrected chi connectivity index (χ2v) is 4.79. The molecule has 0 amide bonds. The van der Waals surface area contributed by atoms with Crippen LogP contribution in [-0.4, -0.2) is 28.8 Å². The maximum absolute atomic E-state index is 6.07. The summed E-state index contributed by atoms with van der Waals surface area (Å²) in [6.45, 7) is 6.44. The molecule has 0 saturated carbocycles. The minimum Gasteiger partial charge on any atom is -0.380 e. The molecule has 0 fully saturated rings. The first-order valence-corrected chi connectivity index (χ1v) is 7.02. The van der Waals surface area contributed by atoms with Crippen molar-refractivity contribution in [3.8, 4) is 0 Å². The second kappa shape index (κ2) is 6.68. The number of aromatic nitrogens is 2. The molecular weight excluding hydrogens is 238 g/mol. The van der Waals surface area contributed by atoms with Gasteiger partial charge in [0.2, 0.25) is 0 Å². The lowest BCUT2D eigenvalue weighted by molar-refractivity contribution is 0.140. The second-order valence-electron chi connectivity index (χ2n) is 4.79. The molecule has 2 heterocycles. The summed E-state index contributed by atoms with van der Waals surface area (Å²) in [6, 6.07) is 4.32. The van der Waals surface area contributed by atoms with Gasteiger partial charge in [0.1, 0.15) is 5.65 Å². The Morgan fingerprint density at radius 2 is 2.26 bits per heavy atom. The van der Waals surface area contributed by atoms with Crippen LogP contribution >= 0.6 is 0 Å². The standard InChI is InChI=1S/C15H23N3O/c1-3-13(16)10-12-11-18(8-9-19-4-2)15-14(12)6-5-7-17-15/h5-7,11,13H,3-4,8-10,16H2,1-2H3. The molecule has 0 aliphatic carbocycles. The fourth-order valence-corrected chi connectivity index (χ4v) is 2.26. The number of hydrogen-bond donors (Lipinski definition) is 1. The molecule has 4 nitrogen and oxygen atoms in total. The van der Waals surface area contributed by atoms with Crippen molar-refractivity contribution < 1.29 is 4.74 Å². The Balaban J connectivity index is 2.26. The normalized spacial score (nSPS) is 13.0. The fraction of sp³-hybridized carbons (Fsp3) is 0.533. The molecule has 0 aliphatic rings. The number of nitrogens with two attached hydrogens (primary N) is 1. The van der Waals surface area contributed by atoms with Gasteiger partial charge in [0.25, 0.3) is 0 Å². The van der Waals surface area contributed by atoms with Crippen LogP contribution in [0.4, 0.5) is 0 Å². The van der Waals surface area contributed by atoms with Crippen molar-refractivity contribution in [2.75, 3.05) is 13.2 Å². The third-order valence-corrected chi connectivity index (χ3v) is 3.40. The van der Waals surface area contributed by atoms with Gasteiger partial charge in [-0.25, -0.2) is 4.98 Å². The summed E-state index contributed by atoms with van der Waals surface area (Å²) in [4.78, 5) is 4.48. The van der Waals surface area contributed by atoms with E-state index in [9.17, 15) is 0 Å². The van der Waals surface area contributed by atoms with Crippen molar-refractivity contribution in [3.05, 3.63) is 30.1 Å². The molecule has 2 aromatic rings. The molecule has 1 unspecified atom stereocenters. The number of pyridine rings is 1. The van der Waals surface area contributed by atoms with Crippen molar-refractivity contribution >= 4 is 11.0 Å². The predicted octanol–water partition coefficient (Wildman–Crippen LogP) is 2.35. The first-order valence-electron chi connectivity index (χ1n) is 7.02. The minimum atomic E-state index is 0.214. The lowest BCUT2D eigenvalue weighted by Gasteiger charge is -2.06. The monoisotopic (exact) mass is 261 g/mol. The van der Waals surface area contributed by atoms with Crippen molar-refractivity contribution in [1.82, 2.24) is 9.55 Å². The van der Waals surface area contributed by atoms with Crippen LogP contribution < -0.4 is 5.73 Å². The Morgan fingerprint density at radius 1 is 1.42 bits per heavy atom. The van der Waals surface area contributed by atoms with E-state index in [-0.39, 0.29) is 6.04 Å². The SMILES string of the molecule is CCOCCn1cc(CC(N)CC)c2cccnc21. The number of rotatable bonds is 7. The number of ether oxygens (including phenoxy) is 1. The largest absolute Gasteiger partial charge is 0.380 e. The third-order valence-electron chi connectivity index (χ3n) is 3.40. The zero-order valence-corrected chi connectivity index (χ0v) is 11.8. The van der Waals surface area contributed by atoms with Gasteiger partial charge in [-0.3, -0.25) is 0 Å². The molecule has 0 saturated heterocycles. The molecule has 1 atom stereocenters. The summed E-state index contributed by atoms with van der Waals surface area (Å²) in [5.41, 5.74) is 8.39. The third kappa shape index (κ3) is 3.33. The van der Waals surface area contributed by atoms with Gasteiger partial charge in [-0.05, 0) is 37.5 Å². The van der Waals surface area contributed by atoms with Crippen molar-refractivity contribution in [2.24, 2.45) is 5.73 Å². The van der Waals surface area contributed by atoms with E-state index in [1.807, 2.05) is 19.2 Å². The van der Waals surface area contributed by atoms with E-state index in [1.165, 1.54) is 10.9 Å².